The van der Waals surface area contributed by atoms with Gasteiger partial charge in [-0.1, -0.05) is 0 Å². The van der Waals surface area contributed by atoms with Crippen molar-refractivity contribution >= 4 is 17.7 Å². The Morgan fingerprint density at radius 2 is 1.75 bits per heavy atom. The number of amides is 1. The average Bonchev–Trinajstić information content (AvgIpc) is 3.08. The Kier molecular flexibility index (Phi) is 5.10. The summed E-state index contributed by atoms with van der Waals surface area (Å²) in [5.74, 6) is 2.49. The van der Waals surface area contributed by atoms with Gasteiger partial charge in [-0.3, -0.25) is 4.79 Å². The van der Waals surface area contributed by atoms with Crippen molar-refractivity contribution < 1.29 is 23.7 Å². The third-order valence-electron chi connectivity index (χ3n) is 4.54. The fraction of sp³-hybridized carbons (Fsp3) is 0.588. The molecule has 0 unspecified atom stereocenters. The lowest BCUT2D eigenvalue weighted by Gasteiger charge is -2.37. The lowest BCUT2D eigenvalue weighted by atomic mass is 10.0. The van der Waals surface area contributed by atoms with Crippen molar-refractivity contribution in [2.45, 2.75) is 17.8 Å². The predicted octanol–water partition coefficient (Wildman–Crippen LogP) is 2.41. The topological polar surface area (TPSA) is 57.2 Å². The zero-order valence-corrected chi connectivity index (χ0v) is 15.1. The first-order valence-electron chi connectivity index (χ1n) is 7.99. The molecule has 2 aliphatic rings. The van der Waals surface area contributed by atoms with Gasteiger partial charge in [0.25, 0.3) is 5.91 Å². The van der Waals surface area contributed by atoms with Crippen LogP contribution in [0.1, 0.15) is 23.2 Å². The molecule has 1 aromatic rings. The van der Waals surface area contributed by atoms with Gasteiger partial charge in [0.15, 0.2) is 11.5 Å². The molecule has 7 heteroatoms. The molecule has 0 aliphatic carbocycles. The molecule has 6 nitrogen and oxygen atoms in total. The second-order valence-electron chi connectivity index (χ2n) is 5.81. The highest BCUT2D eigenvalue weighted by molar-refractivity contribution is 8.00. The molecule has 2 fully saturated rings. The zero-order valence-electron chi connectivity index (χ0n) is 14.3. The molecule has 0 radical (unpaired) electrons. The number of nitrogens with zero attached hydrogens (tertiary/aromatic N) is 1. The van der Waals surface area contributed by atoms with E-state index in [4.69, 9.17) is 18.9 Å². The van der Waals surface area contributed by atoms with Gasteiger partial charge in [0.05, 0.1) is 27.9 Å². The number of methoxy groups -OCH3 is 3. The van der Waals surface area contributed by atoms with Gasteiger partial charge in [-0.2, -0.15) is 0 Å². The first-order valence-corrected chi connectivity index (χ1v) is 8.98. The smallest absolute Gasteiger partial charge is 0.254 e. The van der Waals surface area contributed by atoms with Gasteiger partial charge >= 0.3 is 0 Å². The van der Waals surface area contributed by atoms with E-state index in [-0.39, 0.29) is 10.8 Å². The molecule has 132 valence electrons. The summed E-state index contributed by atoms with van der Waals surface area (Å²) in [4.78, 5) is 14.7. The van der Waals surface area contributed by atoms with Gasteiger partial charge in [0.2, 0.25) is 5.75 Å². The third kappa shape index (κ3) is 3.15. The lowest BCUT2D eigenvalue weighted by molar-refractivity contribution is 0.00351. The normalized spacial score (nSPS) is 19.4. The molecule has 2 saturated heterocycles. The number of benzene rings is 1. The third-order valence-corrected chi connectivity index (χ3v) is 5.96. The number of hydrogen-bond donors (Lipinski definition) is 0. The number of carbonyl (C=O) groups excluding carboxylic acids is 1. The summed E-state index contributed by atoms with van der Waals surface area (Å²) in [6.07, 6.45) is 1.74. The van der Waals surface area contributed by atoms with Crippen molar-refractivity contribution in [2.75, 3.05) is 46.8 Å². The van der Waals surface area contributed by atoms with Crippen LogP contribution in [0.5, 0.6) is 17.2 Å². The molecular formula is C17H23NO5S. The van der Waals surface area contributed by atoms with E-state index >= 15 is 0 Å². The van der Waals surface area contributed by atoms with E-state index in [1.807, 2.05) is 16.7 Å². The highest BCUT2D eigenvalue weighted by Crippen LogP contribution is 2.42. The average molecular weight is 353 g/mol. The quantitative estimate of drug-likeness (QED) is 0.829. The van der Waals surface area contributed by atoms with Gasteiger partial charge < -0.3 is 23.8 Å². The summed E-state index contributed by atoms with van der Waals surface area (Å²) < 4.78 is 21.9. The minimum absolute atomic E-state index is 0.0212. The van der Waals surface area contributed by atoms with Gasteiger partial charge in [0.1, 0.15) is 4.93 Å². The van der Waals surface area contributed by atoms with Crippen molar-refractivity contribution in [1.82, 2.24) is 4.90 Å². The number of rotatable bonds is 4. The molecule has 1 spiro atoms. The Bertz CT molecular complexity index is 580. The van der Waals surface area contributed by atoms with Gasteiger partial charge in [-0.15, -0.1) is 11.8 Å². The maximum Gasteiger partial charge on any atom is 0.254 e. The highest BCUT2D eigenvalue weighted by Gasteiger charge is 2.40. The van der Waals surface area contributed by atoms with Crippen molar-refractivity contribution in [1.29, 1.82) is 0 Å². The van der Waals surface area contributed by atoms with Gasteiger partial charge in [0, 0.05) is 37.2 Å². The van der Waals surface area contributed by atoms with E-state index < -0.39 is 0 Å². The van der Waals surface area contributed by atoms with E-state index in [0.717, 1.165) is 25.2 Å². The summed E-state index contributed by atoms with van der Waals surface area (Å²) in [5, 5.41) is 0. The summed E-state index contributed by atoms with van der Waals surface area (Å²) in [5.41, 5.74) is 0.542. The number of hydrogen-bond acceptors (Lipinski definition) is 6. The Morgan fingerprint density at radius 1 is 1.12 bits per heavy atom. The highest BCUT2D eigenvalue weighted by atomic mass is 32.2. The molecule has 2 aliphatic heterocycles. The van der Waals surface area contributed by atoms with Crippen LogP contribution in [-0.2, 0) is 4.74 Å². The Labute approximate surface area is 146 Å². The minimum atomic E-state index is -0.0773. The predicted molar refractivity (Wildman–Crippen MR) is 92.4 cm³/mol. The monoisotopic (exact) mass is 353 g/mol. The molecular weight excluding hydrogens is 330 g/mol. The van der Waals surface area contributed by atoms with Crippen LogP contribution in [0.25, 0.3) is 0 Å². The molecule has 3 rings (SSSR count). The van der Waals surface area contributed by atoms with Crippen molar-refractivity contribution in [3.05, 3.63) is 17.7 Å². The van der Waals surface area contributed by atoms with Crippen LogP contribution >= 0.6 is 11.8 Å². The number of ether oxygens (including phenoxy) is 4. The van der Waals surface area contributed by atoms with Crippen LogP contribution in [0.15, 0.2) is 12.1 Å². The molecule has 0 atom stereocenters. The van der Waals surface area contributed by atoms with E-state index in [2.05, 4.69) is 0 Å². The van der Waals surface area contributed by atoms with Gasteiger partial charge in [-0.05, 0) is 12.1 Å². The van der Waals surface area contributed by atoms with E-state index in [9.17, 15) is 4.79 Å². The summed E-state index contributed by atoms with van der Waals surface area (Å²) in [6.45, 7) is 2.20. The summed E-state index contributed by atoms with van der Waals surface area (Å²) >= 11 is 1.88. The number of carbonyl (C=O) groups is 1. The van der Waals surface area contributed by atoms with Gasteiger partial charge in [-0.25, -0.2) is 0 Å². The lowest BCUT2D eigenvalue weighted by Crippen LogP contribution is -2.45. The van der Waals surface area contributed by atoms with Crippen LogP contribution in [0.4, 0.5) is 0 Å². The first kappa shape index (κ1) is 17.2. The fourth-order valence-corrected chi connectivity index (χ4v) is 4.40. The van der Waals surface area contributed by atoms with Crippen molar-refractivity contribution in [2.24, 2.45) is 0 Å². The molecule has 1 amide bonds. The zero-order chi connectivity index (χ0) is 17.2. The van der Waals surface area contributed by atoms with Crippen molar-refractivity contribution in [3.8, 4) is 17.2 Å². The Morgan fingerprint density at radius 3 is 2.21 bits per heavy atom. The van der Waals surface area contributed by atoms with Crippen LogP contribution in [0.2, 0.25) is 0 Å². The van der Waals surface area contributed by atoms with Crippen LogP contribution in [0.3, 0.4) is 0 Å². The second-order valence-corrected chi connectivity index (χ2v) is 7.25. The molecule has 0 saturated carbocycles. The molecule has 0 aromatic heterocycles. The molecule has 2 heterocycles. The summed E-state index contributed by atoms with van der Waals surface area (Å²) in [7, 11) is 4.64. The first-order chi connectivity index (χ1) is 11.6. The fourth-order valence-electron chi connectivity index (χ4n) is 3.22. The summed E-state index contributed by atoms with van der Waals surface area (Å²) in [6, 6.07) is 3.41. The minimum Gasteiger partial charge on any atom is -0.493 e. The van der Waals surface area contributed by atoms with Crippen molar-refractivity contribution in [3.63, 3.8) is 0 Å². The number of likely N-dealkylation sites (tertiary alicyclic amines) is 1. The number of thioether (sulfide) groups is 1. The maximum atomic E-state index is 12.9. The second kappa shape index (κ2) is 7.11. The molecule has 24 heavy (non-hydrogen) atoms. The standard InChI is InChI=1S/C17H23NO5S/c1-20-13-10-12(11-14(21-2)15(13)22-3)16(19)18-6-4-17(5-7-18)23-8-9-24-17/h10-11H,4-9H2,1-3H3. The molecule has 0 bridgehead atoms. The van der Waals surface area contributed by atoms with E-state index in [1.165, 1.54) is 0 Å². The molecule has 0 N–H and O–H groups in total. The van der Waals surface area contributed by atoms with Crippen LogP contribution in [-0.4, -0.2) is 62.5 Å². The van der Waals surface area contributed by atoms with E-state index in [0.29, 0.717) is 35.9 Å². The molecule has 1 aromatic carbocycles. The van der Waals surface area contributed by atoms with Crippen LogP contribution in [0, 0.1) is 0 Å². The maximum absolute atomic E-state index is 12.9. The Hall–Kier alpha value is -1.60. The number of piperidine rings is 1. The SMILES string of the molecule is COc1cc(C(=O)N2CCC3(CC2)OCCS3)cc(OC)c1OC. The van der Waals surface area contributed by atoms with Crippen LogP contribution < -0.4 is 14.2 Å². The Balaban J connectivity index is 1.78. The van der Waals surface area contributed by atoms with E-state index in [1.54, 1.807) is 33.5 Å². The largest absolute Gasteiger partial charge is 0.493 e.